The van der Waals surface area contributed by atoms with E-state index in [0.717, 1.165) is 16.7 Å². The minimum absolute atomic E-state index is 0.190. The van der Waals surface area contributed by atoms with Crippen molar-refractivity contribution in [1.29, 1.82) is 0 Å². The third-order valence-electron chi connectivity index (χ3n) is 6.59. The average molecular weight is 602 g/mol. The first-order valence-corrected chi connectivity index (χ1v) is 14.4. The molecule has 0 N–H and O–H groups in total. The van der Waals surface area contributed by atoms with Gasteiger partial charge in [-0.05, 0) is 42.8 Å². The predicted molar refractivity (Wildman–Crippen MR) is 162 cm³/mol. The number of furan rings is 1. The second-order valence-electron chi connectivity index (χ2n) is 9.17. The molecule has 6 rings (SSSR count). The number of aromatic nitrogens is 1. The SMILES string of the molecule is CCOC(=O)C1=C(c2ccccc2)N=c2s/c(=C\c3ccc(-c4ccc(Cl)c(Cl)c4)o3)c(=O)n2C1c1ccccc1. The highest BCUT2D eigenvalue weighted by molar-refractivity contribution is 7.07. The van der Waals surface area contributed by atoms with Crippen LogP contribution in [0.3, 0.4) is 0 Å². The van der Waals surface area contributed by atoms with Crippen LogP contribution in [-0.4, -0.2) is 17.1 Å². The van der Waals surface area contributed by atoms with Gasteiger partial charge in [-0.25, -0.2) is 9.79 Å². The van der Waals surface area contributed by atoms with E-state index in [2.05, 4.69) is 0 Å². The van der Waals surface area contributed by atoms with Gasteiger partial charge in [-0.2, -0.15) is 0 Å². The molecular formula is C32H22Cl2N2O4S. The minimum atomic E-state index is -0.729. The molecule has 5 aromatic rings. The Hall–Kier alpha value is -4.17. The highest BCUT2D eigenvalue weighted by Gasteiger charge is 2.35. The van der Waals surface area contributed by atoms with Gasteiger partial charge in [0.25, 0.3) is 5.56 Å². The van der Waals surface area contributed by atoms with Crippen molar-refractivity contribution in [2.75, 3.05) is 6.61 Å². The van der Waals surface area contributed by atoms with Crippen LogP contribution in [0.25, 0.3) is 23.1 Å². The Balaban J connectivity index is 1.54. The zero-order valence-electron chi connectivity index (χ0n) is 21.7. The van der Waals surface area contributed by atoms with E-state index in [1.807, 2.05) is 72.8 Å². The largest absolute Gasteiger partial charge is 0.463 e. The Morgan fingerprint density at radius 1 is 0.976 bits per heavy atom. The van der Waals surface area contributed by atoms with Crippen LogP contribution in [0.1, 0.15) is 29.9 Å². The van der Waals surface area contributed by atoms with E-state index in [4.69, 9.17) is 37.3 Å². The molecule has 1 aliphatic heterocycles. The fraction of sp³-hybridized carbons (Fsp3) is 0.0938. The van der Waals surface area contributed by atoms with Gasteiger partial charge >= 0.3 is 5.97 Å². The normalized spacial score (nSPS) is 15.0. The van der Waals surface area contributed by atoms with Crippen molar-refractivity contribution in [2.24, 2.45) is 4.99 Å². The van der Waals surface area contributed by atoms with Gasteiger partial charge in [0.05, 0.1) is 38.5 Å². The Morgan fingerprint density at radius 2 is 1.71 bits per heavy atom. The second kappa shape index (κ2) is 11.4. The molecule has 0 saturated carbocycles. The van der Waals surface area contributed by atoms with Crippen LogP contribution in [0.2, 0.25) is 10.0 Å². The van der Waals surface area contributed by atoms with Gasteiger partial charge in [0.1, 0.15) is 11.5 Å². The molecule has 41 heavy (non-hydrogen) atoms. The number of hydrogen-bond acceptors (Lipinski definition) is 6. The smallest absolute Gasteiger partial charge is 0.338 e. The van der Waals surface area contributed by atoms with Gasteiger partial charge in [0, 0.05) is 17.2 Å². The number of halogens is 2. The lowest BCUT2D eigenvalue weighted by atomic mass is 9.93. The first-order chi connectivity index (χ1) is 19.9. The van der Waals surface area contributed by atoms with E-state index in [1.54, 1.807) is 35.8 Å². The lowest BCUT2D eigenvalue weighted by Gasteiger charge is -2.25. The van der Waals surface area contributed by atoms with Crippen molar-refractivity contribution in [2.45, 2.75) is 13.0 Å². The molecular weight excluding hydrogens is 579 g/mol. The summed E-state index contributed by atoms with van der Waals surface area (Å²) in [6.45, 7) is 1.94. The fourth-order valence-corrected chi connectivity index (χ4v) is 6.03. The maximum absolute atomic E-state index is 14.0. The molecule has 3 aromatic carbocycles. The molecule has 0 amide bonds. The van der Waals surface area contributed by atoms with Crippen LogP contribution < -0.4 is 14.9 Å². The quantitative estimate of drug-likeness (QED) is 0.208. The van der Waals surface area contributed by atoms with Crippen molar-refractivity contribution < 1.29 is 13.9 Å². The van der Waals surface area contributed by atoms with Crippen LogP contribution in [0.4, 0.5) is 0 Å². The molecule has 0 fully saturated rings. The number of rotatable bonds is 6. The van der Waals surface area contributed by atoms with E-state index < -0.39 is 12.0 Å². The molecule has 1 aliphatic rings. The number of thiazole rings is 1. The van der Waals surface area contributed by atoms with Crippen LogP contribution in [0, 0.1) is 0 Å². The fourth-order valence-electron chi connectivity index (χ4n) is 4.76. The molecule has 1 unspecified atom stereocenters. The second-order valence-corrected chi connectivity index (χ2v) is 11.0. The molecule has 0 aliphatic carbocycles. The van der Waals surface area contributed by atoms with Crippen molar-refractivity contribution in [3.8, 4) is 11.3 Å². The first-order valence-electron chi connectivity index (χ1n) is 12.8. The highest BCUT2D eigenvalue weighted by atomic mass is 35.5. The third kappa shape index (κ3) is 5.20. The molecule has 9 heteroatoms. The van der Waals surface area contributed by atoms with Crippen LogP contribution in [0.5, 0.6) is 0 Å². The maximum atomic E-state index is 14.0. The monoisotopic (exact) mass is 600 g/mol. The molecule has 0 saturated heterocycles. The molecule has 0 bridgehead atoms. The molecule has 1 atom stereocenters. The molecule has 0 spiro atoms. The number of benzene rings is 3. The number of nitrogens with zero attached hydrogens (tertiary/aromatic N) is 2. The summed E-state index contributed by atoms with van der Waals surface area (Å²) in [5.74, 6) is 0.553. The van der Waals surface area contributed by atoms with Gasteiger partial charge in [-0.15, -0.1) is 0 Å². The van der Waals surface area contributed by atoms with E-state index in [1.165, 1.54) is 11.3 Å². The lowest BCUT2D eigenvalue weighted by molar-refractivity contribution is -0.138. The zero-order valence-corrected chi connectivity index (χ0v) is 24.0. The average Bonchev–Trinajstić information content (AvgIpc) is 3.59. The van der Waals surface area contributed by atoms with Crippen LogP contribution in [0.15, 0.2) is 111 Å². The lowest BCUT2D eigenvalue weighted by Crippen LogP contribution is -2.39. The number of fused-ring (bicyclic) bond motifs is 1. The summed E-state index contributed by atoms with van der Waals surface area (Å²) in [5.41, 5.74) is 2.78. The molecule has 0 radical (unpaired) electrons. The number of hydrogen-bond donors (Lipinski definition) is 0. The topological polar surface area (TPSA) is 73.8 Å². The zero-order chi connectivity index (χ0) is 28.5. The highest BCUT2D eigenvalue weighted by Crippen LogP contribution is 2.35. The number of carbonyl (C=O) groups is 1. The Labute approximate surface area is 249 Å². The van der Waals surface area contributed by atoms with Crippen LogP contribution >= 0.6 is 34.5 Å². The van der Waals surface area contributed by atoms with E-state index in [0.29, 0.717) is 42.2 Å². The summed E-state index contributed by atoms with van der Waals surface area (Å²) >= 11 is 13.5. The van der Waals surface area contributed by atoms with Gasteiger partial charge in [0.15, 0.2) is 4.80 Å². The summed E-state index contributed by atoms with van der Waals surface area (Å²) in [7, 11) is 0. The molecule has 2 aromatic heterocycles. The van der Waals surface area contributed by atoms with E-state index in [-0.39, 0.29) is 12.2 Å². The number of carbonyl (C=O) groups excluding carboxylic acids is 1. The predicted octanol–water partition coefficient (Wildman–Crippen LogP) is 6.50. The molecule has 3 heterocycles. The standard InChI is InChI=1S/C32H22Cl2N2O4S/c1-2-39-31(38)27-28(19-9-5-3-6-10-19)35-32-36(29(27)20-11-7-4-8-12-20)30(37)26(41-32)18-22-14-16-25(40-22)21-13-15-23(33)24(34)17-21/h3-18,29H,2H2,1H3/b26-18-. The Kier molecular flexibility index (Phi) is 7.49. The van der Waals surface area contributed by atoms with Gasteiger partial charge < -0.3 is 9.15 Å². The summed E-state index contributed by atoms with van der Waals surface area (Å²) in [6, 6.07) is 27.0. The van der Waals surface area contributed by atoms with E-state index >= 15 is 0 Å². The van der Waals surface area contributed by atoms with Crippen molar-refractivity contribution in [3.63, 3.8) is 0 Å². The summed E-state index contributed by atoms with van der Waals surface area (Å²) in [5, 5.41) is 0.872. The summed E-state index contributed by atoms with van der Waals surface area (Å²) < 4.78 is 13.5. The van der Waals surface area contributed by atoms with Gasteiger partial charge in [-0.1, -0.05) is 95.2 Å². The Bertz CT molecular complexity index is 1980. The Morgan fingerprint density at radius 3 is 2.41 bits per heavy atom. The van der Waals surface area contributed by atoms with E-state index in [9.17, 15) is 9.59 Å². The van der Waals surface area contributed by atoms with Gasteiger partial charge in [0.2, 0.25) is 0 Å². The molecule has 6 nitrogen and oxygen atoms in total. The first kappa shape index (κ1) is 27.0. The van der Waals surface area contributed by atoms with Crippen LogP contribution in [-0.2, 0) is 9.53 Å². The number of esters is 1. The molecule has 204 valence electrons. The van der Waals surface area contributed by atoms with Crippen molar-refractivity contribution >= 4 is 52.3 Å². The summed E-state index contributed by atoms with van der Waals surface area (Å²) in [6.07, 6.45) is 1.68. The number of ether oxygens (including phenoxy) is 1. The maximum Gasteiger partial charge on any atom is 0.338 e. The summed E-state index contributed by atoms with van der Waals surface area (Å²) in [4.78, 5) is 32.8. The minimum Gasteiger partial charge on any atom is -0.463 e. The van der Waals surface area contributed by atoms with Crippen molar-refractivity contribution in [3.05, 3.63) is 143 Å². The van der Waals surface area contributed by atoms with Gasteiger partial charge in [-0.3, -0.25) is 9.36 Å². The van der Waals surface area contributed by atoms with Crippen molar-refractivity contribution in [1.82, 2.24) is 4.57 Å². The third-order valence-corrected chi connectivity index (χ3v) is 8.32.